The number of hydrogen-bond acceptors (Lipinski definition) is 2. The Kier molecular flexibility index (Phi) is 6.47. The van der Waals surface area contributed by atoms with E-state index in [1.165, 1.54) is 18.8 Å². The van der Waals surface area contributed by atoms with E-state index in [0.29, 0.717) is 0 Å². The number of nitrogens with zero attached hydrogens (tertiary/aromatic N) is 1. The summed E-state index contributed by atoms with van der Waals surface area (Å²) in [7, 11) is 2.16. The van der Waals surface area contributed by atoms with Crippen LogP contribution in [0.15, 0.2) is 30.3 Å². The van der Waals surface area contributed by atoms with E-state index in [9.17, 15) is 0 Å². The van der Waals surface area contributed by atoms with E-state index in [0.717, 1.165) is 0 Å². The zero-order chi connectivity index (χ0) is 11.1. The Balaban J connectivity index is 2.81. The molecule has 0 spiro atoms. The molecule has 0 bridgehead atoms. The summed E-state index contributed by atoms with van der Waals surface area (Å²) in [6, 6.07) is 11.0. The Labute approximate surface area is 102 Å². The summed E-state index contributed by atoms with van der Waals surface area (Å²) < 4.78 is 4.22. The van der Waals surface area contributed by atoms with Crippen LogP contribution in [0.2, 0.25) is 0 Å². The van der Waals surface area contributed by atoms with E-state index < -0.39 is 13.7 Å². The van der Waals surface area contributed by atoms with Crippen LogP contribution in [0.3, 0.4) is 0 Å². The summed E-state index contributed by atoms with van der Waals surface area (Å²) in [6.07, 6.45) is 0. The van der Waals surface area contributed by atoms with E-state index in [1.54, 1.807) is 4.35 Å². The average Bonchev–Trinajstić information content (AvgIpc) is 2.30. The molecule has 1 nitrogen and oxygen atoms in total. The molecule has 0 aliphatic carbocycles. The summed E-state index contributed by atoms with van der Waals surface area (Å²) in [5.74, 6) is 1.23. The van der Waals surface area contributed by atoms with Crippen molar-refractivity contribution in [1.82, 2.24) is 3.82 Å². The summed E-state index contributed by atoms with van der Waals surface area (Å²) in [5.41, 5.74) is 0. The molecule has 0 N–H and O–H groups in total. The Morgan fingerprint density at radius 2 is 1.67 bits per heavy atom. The number of rotatable bonds is 6. The van der Waals surface area contributed by atoms with E-state index >= 15 is 0 Å². The van der Waals surface area contributed by atoms with Crippen molar-refractivity contribution >= 4 is 28.1 Å². The van der Waals surface area contributed by atoms with Crippen molar-refractivity contribution in [3.8, 4) is 0 Å². The second kappa shape index (κ2) is 7.38. The molecule has 0 aliphatic heterocycles. The van der Waals surface area contributed by atoms with Crippen LogP contribution in [0.5, 0.6) is 0 Å². The van der Waals surface area contributed by atoms with Gasteiger partial charge in [-0.05, 0) is 0 Å². The first-order chi connectivity index (χ1) is 7.33. The van der Waals surface area contributed by atoms with Gasteiger partial charge in [-0.1, -0.05) is 0 Å². The fourth-order valence-electron chi connectivity index (χ4n) is 1.48. The first-order valence-corrected chi connectivity index (χ1v) is 10.6. The van der Waals surface area contributed by atoms with Gasteiger partial charge in [0.05, 0.1) is 0 Å². The number of hydrogen-bond donors (Lipinski definition) is 0. The maximum absolute atomic E-state index is 2.65. The Hall–Kier alpha value is 0.0884. The molecule has 15 heavy (non-hydrogen) atoms. The van der Waals surface area contributed by atoms with Crippen LogP contribution in [0, 0.1) is 0 Å². The fourth-order valence-corrected chi connectivity index (χ4v) is 10.0. The molecule has 1 rings (SSSR count). The minimum atomic E-state index is -1.03. The molecule has 1 aromatic rings. The molecule has 1 atom stereocenters. The normalized spacial score (nSPS) is 13.1. The van der Waals surface area contributed by atoms with E-state index in [2.05, 4.69) is 64.9 Å². The molecule has 0 fully saturated rings. The quantitative estimate of drug-likeness (QED) is 0.739. The summed E-state index contributed by atoms with van der Waals surface area (Å²) in [6.45, 7) is 9.16. The minimum absolute atomic E-state index is 1.03. The zero-order valence-corrected chi connectivity index (χ0v) is 12.5. The van der Waals surface area contributed by atoms with E-state index in [-0.39, 0.29) is 0 Å². The third-order valence-corrected chi connectivity index (χ3v) is 12.0. The van der Waals surface area contributed by atoms with E-state index in [1.807, 2.05) is 0 Å². The predicted molar refractivity (Wildman–Crippen MR) is 72.9 cm³/mol. The van der Waals surface area contributed by atoms with Gasteiger partial charge in [0.2, 0.25) is 0 Å². The number of benzene rings is 1. The first-order valence-electron chi connectivity index (χ1n) is 5.56. The van der Waals surface area contributed by atoms with Gasteiger partial charge in [-0.2, -0.15) is 0 Å². The van der Waals surface area contributed by atoms with Gasteiger partial charge < -0.3 is 0 Å². The topological polar surface area (TPSA) is 3.24 Å². The van der Waals surface area contributed by atoms with Crippen molar-refractivity contribution in [3.05, 3.63) is 30.3 Å². The van der Waals surface area contributed by atoms with Gasteiger partial charge in [0.25, 0.3) is 0 Å². The zero-order valence-electron chi connectivity index (χ0n) is 9.81. The maximum atomic E-state index is 2.65. The van der Waals surface area contributed by atoms with Gasteiger partial charge in [0, 0.05) is 0 Å². The molecule has 0 saturated carbocycles. The van der Waals surface area contributed by atoms with Crippen LogP contribution in [0.25, 0.3) is 0 Å². The van der Waals surface area contributed by atoms with Crippen molar-refractivity contribution < 1.29 is 0 Å². The van der Waals surface area contributed by atoms with Gasteiger partial charge in [-0.25, -0.2) is 0 Å². The molecular formula is C12H20AsNS. The molecule has 1 unspecified atom stereocenters. The van der Waals surface area contributed by atoms with Gasteiger partial charge in [0.1, 0.15) is 0 Å². The molecule has 3 heteroatoms. The molecule has 0 heterocycles. The van der Waals surface area contributed by atoms with Crippen molar-refractivity contribution in [2.45, 2.75) is 20.8 Å². The van der Waals surface area contributed by atoms with Crippen LogP contribution in [0.1, 0.15) is 20.8 Å². The van der Waals surface area contributed by atoms with Gasteiger partial charge in [0.15, 0.2) is 0 Å². The Morgan fingerprint density at radius 3 is 2.13 bits per heavy atom. The van der Waals surface area contributed by atoms with Crippen LogP contribution in [-0.2, 0) is 0 Å². The third kappa shape index (κ3) is 3.86. The first kappa shape index (κ1) is 13.2. The molecule has 1 aromatic carbocycles. The van der Waals surface area contributed by atoms with Crippen LogP contribution in [-0.4, -0.2) is 36.4 Å². The molecular weight excluding hydrogens is 265 g/mol. The fraction of sp³-hybridized carbons (Fsp3) is 0.500. The molecule has 84 valence electrons. The molecule has 0 aromatic heterocycles. The van der Waals surface area contributed by atoms with Crippen LogP contribution < -0.4 is 4.35 Å². The summed E-state index contributed by atoms with van der Waals surface area (Å²) >= 11 is -1.03. The third-order valence-electron chi connectivity index (χ3n) is 2.22. The van der Waals surface area contributed by atoms with Gasteiger partial charge in [-0.3, -0.25) is 0 Å². The Bertz CT molecular complexity index is 262. The molecule has 0 saturated heterocycles. The monoisotopic (exact) mass is 285 g/mol. The second-order valence-corrected chi connectivity index (χ2v) is 10.8. The van der Waals surface area contributed by atoms with Crippen molar-refractivity contribution in [2.24, 2.45) is 0 Å². The van der Waals surface area contributed by atoms with Crippen molar-refractivity contribution in [2.75, 3.05) is 18.8 Å². The van der Waals surface area contributed by atoms with E-state index in [4.69, 9.17) is 0 Å². The van der Waals surface area contributed by atoms with Crippen molar-refractivity contribution in [1.29, 1.82) is 0 Å². The average molecular weight is 285 g/mol. The van der Waals surface area contributed by atoms with Crippen LogP contribution in [0.4, 0.5) is 0 Å². The predicted octanol–water partition coefficient (Wildman–Crippen LogP) is 2.48. The van der Waals surface area contributed by atoms with Gasteiger partial charge in [-0.15, -0.1) is 0 Å². The van der Waals surface area contributed by atoms with Gasteiger partial charge >= 0.3 is 102 Å². The van der Waals surface area contributed by atoms with Crippen molar-refractivity contribution in [3.63, 3.8) is 0 Å². The molecule has 0 amide bonds. The summed E-state index contributed by atoms with van der Waals surface area (Å²) in [5, 5.41) is 0. The van der Waals surface area contributed by atoms with Crippen LogP contribution >= 0.6 is 10.0 Å². The second-order valence-electron chi connectivity index (χ2n) is 3.17. The Morgan fingerprint density at radius 1 is 1.07 bits per heavy atom. The summed E-state index contributed by atoms with van der Waals surface area (Å²) in [4.78, 5) is 0. The molecule has 0 aliphatic rings. The standard InChI is InChI=1S/C12H20AsNS/c1-4-14(5-2)13(15-6-3)12-10-8-7-9-11-12/h7-11H,4-6H2,1-3H3. The SMILES string of the molecule is CCS[As](c1ccccc1)N(CC)CC. The molecule has 0 radical (unpaired) electrons.